The number of hydrogen-bond acceptors (Lipinski definition) is 5. The van der Waals surface area contributed by atoms with Crippen LogP contribution in [-0.2, 0) is 11.8 Å². The second kappa shape index (κ2) is 9.19. The van der Waals surface area contributed by atoms with Gasteiger partial charge in [0, 0.05) is 5.41 Å². The summed E-state index contributed by atoms with van der Waals surface area (Å²) in [7, 11) is 0. The van der Waals surface area contributed by atoms with E-state index in [-0.39, 0.29) is 17.0 Å². The van der Waals surface area contributed by atoms with Crippen molar-refractivity contribution in [3.05, 3.63) is 47.0 Å². The molecule has 0 radical (unpaired) electrons. The van der Waals surface area contributed by atoms with Crippen molar-refractivity contribution in [3.63, 3.8) is 0 Å². The average Bonchev–Trinajstić information content (AvgIpc) is 3.04. The van der Waals surface area contributed by atoms with Gasteiger partial charge in [-0.15, -0.1) is 0 Å². The van der Waals surface area contributed by atoms with Gasteiger partial charge in [-0.3, -0.25) is 0 Å². The second-order valence-electron chi connectivity index (χ2n) is 7.48. The molecule has 1 heterocycles. The molecule has 138 valence electrons. The SMILES string of the molecule is CCCCCCc1ccc(C=NNc2oc(C(C)(C)C)nc2C#N)cc1. The van der Waals surface area contributed by atoms with E-state index in [2.05, 4.69) is 34.6 Å². The molecule has 0 aliphatic heterocycles. The Hall–Kier alpha value is -2.61. The second-order valence-corrected chi connectivity index (χ2v) is 7.48. The topological polar surface area (TPSA) is 74.2 Å². The standard InChI is InChI=1S/C21H28N4O/c1-5-6-7-8-9-16-10-12-17(13-11-16)15-23-25-19-18(14-22)24-20(26-19)21(2,3)4/h10-13,15,25H,5-9H2,1-4H3. The van der Waals surface area contributed by atoms with Crippen LogP contribution < -0.4 is 5.43 Å². The Balaban J connectivity index is 1.94. The van der Waals surface area contributed by atoms with E-state index in [0.29, 0.717) is 5.89 Å². The van der Waals surface area contributed by atoms with Gasteiger partial charge < -0.3 is 4.42 Å². The number of aromatic nitrogens is 1. The molecule has 5 heteroatoms. The summed E-state index contributed by atoms with van der Waals surface area (Å²) in [5, 5.41) is 13.4. The van der Waals surface area contributed by atoms with Crippen LogP contribution in [0.2, 0.25) is 0 Å². The zero-order valence-electron chi connectivity index (χ0n) is 16.2. The fourth-order valence-corrected chi connectivity index (χ4v) is 2.48. The number of hydrogen-bond donors (Lipinski definition) is 1. The van der Waals surface area contributed by atoms with Crippen molar-refractivity contribution in [2.75, 3.05) is 5.43 Å². The number of rotatable bonds is 8. The third kappa shape index (κ3) is 5.73. The molecule has 1 aromatic heterocycles. The zero-order valence-corrected chi connectivity index (χ0v) is 16.2. The molecule has 0 aliphatic rings. The van der Waals surface area contributed by atoms with Crippen molar-refractivity contribution in [2.45, 2.75) is 65.2 Å². The van der Waals surface area contributed by atoms with E-state index < -0.39 is 0 Å². The number of nitrogens with zero attached hydrogens (tertiary/aromatic N) is 3. The van der Waals surface area contributed by atoms with Gasteiger partial charge >= 0.3 is 0 Å². The Morgan fingerprint density at radius 1 is 1.19 bits per heavy atom. The maximum Gasteiger partial charge on any atom is 0.252 e. The summed E-state index contributed by atoms with van der Waals surface area (Å²) in [5.74, 6) is 0.792. The van der Waals surface area contributed by atoms with Crippen LogP contribution in [-0.4, -0.2) is 11.2 Å². The van der Waals surface area contributed by atoms with Crippen molar-refractivity contribution < 1.29 is 4.42 Å². The number of aryl methyl sites for hydroxylation is 1. The first-order valence-electron chi connectivity index (χ1n) is 9.23. The zero-order chi connectivity index (χ0) is 19.0. The number of nitriles is 1. The maximum atomic E-state index is 9.18. The molecule has 0 unspecified atom stereocenters. The summed E-state index contributed by atoms with van der Waals surface area (Å²) < 4.78 is 5.63. The molecule has 0 atom stereocenters. The Morgan fingerprint density at radius 3 is 2.54 bits per heavy atom. The quantitative estimate of drug-likeness (QED) is 0.391. The summed E-state index contributed by atoms with van der Waals surface area (Å²) in [4.78, 5) is 4.21. The first-order chi connectivity index (χ1) is 12.4. The van der Waals surface area contributed by atoms with E-state index in [1.165, 1.54) is 31.2 Å². The van der Waals surface area contributed by atoms with Crippen LogP contribution in [0.1, 0.15) is 76.1 Å². The monoisotopic (exact) mass is 352 g/mol. The molecule has 1 N–H and O–H groups in total. The van der Waals surface area contributed by atoms with Gasteiger partial charge in [-0.25, -0.2) is 5.43 Å². The number of oxazole rings is 1. The molecule has 0 saturated heterocycles. The van der Waals surface area contributed by atoms with Crippen LogP contribution in [0, 0.1) is 11.3 Å². The van der Waals surface area contributed by atoms with Gasteiger partial charge in [-0.1, -0.05) is 71.2 Å². The summed E-state index contributed by atoms with van der Waals surface area (Å²) in [5.41, 5.74) is 5.08. The summed E-state index contributed by atoms with van der Waals surface area (Å²) >= 11 is 0. The van der Waals surface area contributed by atoms with Crippen LogP contribution >= 0.6 is 0 Å². The molecule has 2 rings (SSSR count). The smallest absolute Gasteiger partial charge is 0.252 e. The fraction of sp³-hybridized carbons (Fsp3) is 0.476. The maximum absolute atomic E-state index is 9.18. The van der Waals surface area contributed by atoms with Crippen molar-refractivity contribution in [3.8, 4) is 6.07 Å². The van der Waals surface area contributed by atoms with E-state index in [1.54, 1.807) is 6.21 Å². The Kier molecular flexibility index (Phi) is 6.97. The molecule has 0 spiro atoms. The van der Waals surface area contributed by atoms with Crippen molar-refractivity contribution in [2.24, 2.45) is 5.10 Å². The fourth-order valence-electron chi connectivity index (χ4n) is 2.48. The number of unbranched alkanes of at least 4 members (excludes halogenated alkanes) is 3. The lowest BCUT2D eigenvalue weighted by atomic mass is 9.97. The number of hydrazone groups is 1. The molecule has 0 aliphatic carbocycles. The van der Waals surface area contributed by atoms with Gasteiger partial charge in [0.15, 0.2) is 0 Å². The van der Waals surface area contributed by atoms with Crippen molar-refractivity contribution in [1.82, 2.24) is 4.98 Å². The van der Waals surface area contributed by atoms with E-state index in [9.17, 15) is 5.26 Å². The Bertz CT molecular complexity index is 761. The Morgan fingerprint density at radius 2 is 1.92 bits per heavy atom. The summed E-state index contributed by atoms with van der Waals surface area (Å²) in [6, 6.07) is 10.4. The normalized spacial score (nSPS) is 11.7. The highest BCUT2D eigenvalue weighted by Gasteiger charge is 2.23. The number of anilines is 1. The molecular formula is C21H28N4O. The summed E-state index contributed by atoms with van der Waals surface area (Å²) in [6.07, 6.45) is 7.92. The van der Waals surface area contributed by atoms with Gasteiger partial charge in [0.1, 0.15) is 6.07 Å². The highest BCUT2D eigenvalue weighted by atomic mass is 16.4. The van der Waals surface area contributed by atoms with Crippen LogP contribution in [0.25, 0.3) is 0 Å². The lowest BCUT2D eigenvalue weighted by Gasteiger charge is -2.11. The van der Waals surface area contributed by atoms with Crippen LogP contribution in [0.5, 0.6) is 0 Å². The first-order valence-corrected chi connectivity index (χ1v) is 9.23. The van der Waals surface area contributed by atoms with Crippen molar-refractivity contribution in [1.29, 1.82) is 5.26 Å². The molecule has 0 amide bonds. The predicted molar refractivity (Wildman–Crippen MR) is 105 cm³/mol. The molecule has 0 fully saturated rings. The van der Waals surface area contributed by atoms with Crippen LogP contribution in [0.3, 0.4) is 0 Å². The lowest BCUT2D eigenvalue weighted by Crippen LogP contribution is -2.11. The minimum absolute atomic E-state index is 0.217. The molecule has 5 nitrogen and oxygen atoms in total. The predicted octanol–water partition coefficient (Wildman–Crippen LogP) is 5.41. The number of benzene rings is 1. The van der Waals surface area contributed by atoms with Gasteiger partial charge in [0.05, 0.1) is 6.21 Å². The Labute approximate surface area is 156 Å². The minimum Gasteiger partial charge on any atom is -0.421 e. The first kappa shape index (κ1) is 19.7. The molecule has 0 bridgehead atoms. The van der Waals surface area contributed by atoms with Crippen LogP contribution in [0.4, 0.5) is 5.88 Å². The van der Waals surface area contributed by atoms with Gasteiger partial charge in [-0.2, -0.15) is 15.3 Å². The highest BCUT2D eigenvalue weighted by Crippen LogP contribution is 2.26. The highest BCUT2D eigenvalue weighted by molar-refractivity contribution is 5.80. The number of nitrogens with one attached hydrogen (secondary N) is 1. The molecule has 26 heavy (non-hydrogen) atoms. The van der Waals surface area contributed by atoms with Gasteiger partial charge in [0.25, 0.3) is 5.88 Å². The average molecular weight is 352 g/mol. The third-order valence-electron chi connectivity index (χ3n) is 4.05. The van der Waals surface area contributed by atoms with E-state index in [4.69, 9.17) is 4.42 Å². The minimum atomic E-state index is -0.262. The molecular weight excluding hydrogens is 324 g/mol. The molecule has 1 aromatic carbocycles. The van der Waals surface area contributed by atoms with E-state index in [0.717, 1.165) is 12.0 Å². The largest absolute Gasteiger partial charge is 0.421 e. The third-order valence-corrected chi connectivity index (χ3v) is 4.05. The van der Waals surface area contributed by atoms with Crippen molar-refractivity contribution >= 4 is 12.1 Å². The molecule has 0 saturated carbocycles. The van der Waals surface area contributed by atoms with E-state index >= 15 is 0 Å². The lowest BCUT2D eigenvalue weighted by molar-refractivity contribution is 0.399. The van der Waals surface area contributed by atoms with E-state index in [1.807, 2.05) is 39.0 Å². The van der Waals surface area contributed by atoms with Gasteiger partial charge in [0.2, 0.25) is 11.6 Å². The van der Waals surface area contributed by atoms with Crippen LogP contribution in [0.15, 0.2) is 33.8 Å². The summed E-state index contributed by atoms with van der Waals surface area (Å²) in [6.45, 7) is 8.18. The van der Waals surface area contributed by atoms with Gasteiger partial charge in [-0.05, 0) is 24.0 Å². The molecule has 2 aromatic rings.